The van der Waals surface area contributed by atoms with Crippen LogP contribution in [0.5, 0.6) is 0 Å². The minimum Gasteiger partial charge on any atom is -0.356 e. The van der Waals surface area contributed by atoms with Gasteiger partial charge < -0.3 is 10.4 Å². The summed E-state index contributed by atoms with van der Waals surface area (Å²) in [5.41, 5.74) is 0.303. The molecule has 0 radical (unpaired) electrons. The Balaban J connectivity index is 2.34. The summed E-state index contributed by atoms with van der Waals surface area (Å²) in [6.07, 6.45) is 1.38. The highest BCUT2D eigenvalue weighted by atomic mass is 35.5. The Hall–Kier alpha value is -2.04. The number of pyridine rings is 1. The molecule has 1 amide bonds. The van der Waals surface area contributed by atoms with Gasteiger partial charge >= 0.3 is 0 Å². The number of nitriles is 1. The number of nitrogens with one attached hydrogen (secondary N) is 1. The SMILES string of the molecule is CC(=O)NCCC1(O)N=c2ncc(Cl)c(C#N)c2=N1. The van der Waals surface area contributed by atoms with Crippen molar-refractivity contribution in [3.05, 3.63) is 27.6 Å². The van der Waals surface area contributed by atoms with Crippen molar-refractivity contribution in [1.82, 2.24) is 10.3 Å². The molecule has 1 unspecified atom stereocenters. The molecule has 0 bridgehead atoms. The maximum atomic E-state index is 10.8. The second kappa shape index (κ2) is 4.91. The van der Waals surface area contributed by atoms with Gasteiger partial charge in [-0.15, -0.1) is 0 Å². The molecule has 0 fully saturated rings. The molecule has 2 N–H and O–H groups in total. The van der Waals surface area contributed by atoms with Crippen molar-refractivity contribution in [2.75, 3.05) is 6.54 Å². The highest BCUT2D eigenvalue weighted by Gasteiger charge is 2.29. The lowest BCUT2D eigenvalue weighted by atomic mass is 10.2. The largest absolute Gasteiger partial charge is 0.356 e. The Kier molecular flexibility index (Phi) is 3.46. The van der Waals surface area contributed by atoms with Gasteiger partial charge in [0.15, 0.2) is 5.49 Å². The van der Waals surface area contributed by atoms with Gasteiger partial charge in [0.1, 0.15) is 17.0 Å². The molecule has 0 aromatic carbocycles. The molecule has 0 saturated carbocycles. The van der Waals surface area contributed by atoms with Crippen LogP contribution in [-0.4, -0.2) is 28.4 Å². The molecule has 1 atom stereocenters. The van der Waals surface area contributed by atoms with E-state index < -0.39 is 5.85 Å². The number of hydrogen-bond donors (Lipinski definition) is 2. The van der Waals surface area contributed by atoms with E-state index in [2.05, 4.69) is 20.3 Å². The number of halogens is 1. The van der Waals surface area contributed by atoms with Crippen molar-refractivity contribution in [1.29, 1.82) is 5.26 Å². The molecule has 98 valence electrons. The Morgan fingerprint density at radius 1 is 1.63 bits per heavy atom. The monoisotopic (exact) mass is 279 g/mol. The van der Waals surface area contributed by atoms with E-state index in [4.69, 9.17) is 16.9 Å². The van der Waals surface area contributed by atoms with Crippen LogP contribution in [0.4, 0.5) is 0 Å². The molecule has 2 rings (SSSR count). The van der Waals surface area contributed by atoms with Gasteiger partial charge in [0.25, 0.3) is 5.85 Å². The molecule has 0 saturated heterocycles. The predicted molar refractivity (Wildman–Crippen MR) is 64.5 cm³/mol. The van der Waals surface area contributed by atoms with Crippen LogP contribution in [0.15, 0.2) is 16.2 Å². The molecule has 8 heteroatoms. The van der Waals surface area contributed by atoms with E-state index in [9.17, 15) is 9.90 Å². The number of amides is 1. The van der Waals surface area contributed by atoms with Crippen LogP contribution in [-0.2, 0) is 4.79 Å². The summed E-state index contributed by atoms with van der Waals surface area (Å²) in [5.74, 6) is -1.92. The first-order valence-corrected chi connectivity index (χ1v) is 5.84. The van der Waals surface area contributed by atoms with E-state index >= 15 is 0 Å². The highest BCUT2D eigenvalue weighted by Crippen LogP contribution is 2.16. The Morgan fingerprint density at radius 3 is 3.00 bits per heavy atom. The molecule has 0 aliphatic carbocycles. The number of fused-ring (bicyclic) bond motifs is 1. The first-order chi connectivity index (χ1) is 8.95. The molecular formula is C11H10ClN5O2. The zero-order valence-corrected chi connectivity index (χ0v) is 10.8. The summed E-state index contributed by atoms with van der Waals surface area (Å²) in [5, 5.41) is 22.0. The molecule has 1 aliphatic heterocycles. The zero-order chi connectivity index (χ0) is 14.0. The molecule has 1 aromatic rings. The number of carbonyl (C=O) groups is 1. The van der Waals surface area contributed by atoms with Gasteiger partial charge in [-0.2, -0.15) is 5.26 Å². The molecule has 19 heavy (non-hydrogen) atoms. The van der Waals surface area contributed by atoms with Crippen LogP contribution >= 0.6 is 11.6 Å². The minimum atomic E-state index is -1.71. The minimum absolute atomic E-state index is 0.0887. The van der Waals surface area contributed by atoms with Crippen molar-refractivity contribution >= 4 is 17.5 Å². The number of rotatable bonds is 3. The van der Waals surface area contributed by atoms with Crippen molar-refractivity contribution in [2.45, 2.75) is 19.2 Å². The number of nitrogens with zero attached hydrogens (tertiary/aromatic N) is 4. The average Bonchev–Trinajstić information content (AvgIpc) is 2.65. The van der Waals surface area contributed by atoms with Crippen LogP contribution in [0.1, 0.15) is 18.9 Å². The predicted octanol–water partition coefficient (Wildman–Crippen LogP) is -0.968. The van der Waals surface area contributed by atoms with Crippen LogP contribution < -0.4 is 16.2 Å². The van der Waals surface area contributed by atoms with E-state index in [0.717, 1.165) is 0 Å². The third-order valence-electron chi connectivity index (χ3n) is 2.51. The fraction of sp³-hybridized carbons (Fsp3) is 0.364. The second-order valence-corrected chi connectivity index (χ2v) is 4.40. The lowest BCUT2D eigenvalue weighted by Crippen LogP contribution is -2.31. The summed E-state index contributed by atoms with van der Waals surface area (Å²) in [6, 6.07) is 1.90. The summed E-state index contributed by atoms with van der Waals surface area (Å²) < 4.78 is 0. The maximum absolute atomic E-state index is 10.8. The smallest absolute Gasteiger partial charge is 0.258 e. The lowest BCUT2D eigenvalue weighted by molar-refractivity contribution is -0.119. The van der Waals surface area contributed by atoms with Crippen molar-refractivity contribution in [3.63, 3.8) is 0 Å². The fourth-order valence-electron chi connectivity index (χ4n) is 1.65. The van der Waals surface area contributed by atoms with Crippen LogP contribution in [0, 0.1) is 11.3 Å². The zero-order valence-electron chi connectivity index (χ0n) is 10.0. The number of aliphatic hydroxyl groups is 1. The summed E-state index contributed by atoms with van der Waals surface area (Å²) in [6.45, 7) is 1.58. The summed E-state index contributed by atoms with van der Waals surface area (Å²) in [7, 11) is 0. The lowest BCUT2D eigenvalue weighted by Gasteiger charge is -2.14. The first kappa shape index (κ1) is 13.4. The van der Waals surface area contributed by atoms with E-state index in [1.807, 2.05) is 6.07 Å². The number of carbonyl (C=O) groups excluding carboxylic acids is 1. The van der Waals surface area contributed by atoms with Gasteiger partial charge in [0.2, 0.25) is 5.91 Å². The van der Waals surface area contributed by atoms with Gasteiger partial charge in [-0.1, -0.05) is 11.6 Å². The molecule has 7 nitrogen and oxygen atoms in total. The van der Waals surface area contributed by atoms with Gasteiger partial charge in [-0.3, -0.25) is 4.79 Å². The number of aromatic nitrogens is 1. The third kappa shape index (κ3) is 2.70. The van der Waals surface area contributed by atoms with Crippen molar-refractivity contribution in [3.8, 4) is 6.07 Å². The summed E-state index contributed by atoms with van der Waals surface area (Å²) >= 11 is 5.82. The van der Waals surface area contributed by atoms with E-state index in [-0.39, 0.29) is 40.3 Å². The molecule has 2 heterocycles. The van der Waals surface area contributed by atoms with Crippen LogP contribution in [0.2, 0.25) is 5.02 Å². The molecular weight excluding hydrogens is 270 g/mol. The quantitative estimate of drug-likeness (QED) is 0.741. The van der Waals surface area contributed by atoms with Gasteiger partial charge in [0.05, 0.1) is 5.02 Å². The third-order valence-corrected chi connectivity index (χ3v) is 2.80. The molecule has 1 aromatic heterocycles. The topological polar surface area (TPSA) is 111 Å². The Morgan fingerprint density at radius 2 is 2.37 bits per heavy atom. The van der Waals surface area contributed by atoms with Gasteiger partial charge in [-0.05, 0) is 0 Å². The first-order valence-electron chi connectivity index (χ1n) is 5.46. The van der Waals surface area contributed by atoms with Crippen molar-refractivity contribution < 1.29 is 9.90 Å². The highest BCUT2D eigenvalue weighted by molar-refractivity contribution is 6.31. The standard InChI is InChI=1S/C11H10ClN5O2/c1-6(18)14-3-2-11(19)16-9-7(4-13)8(12)5-15-10(9)17-11/h5,19H,2-3H2,1H3,(H,14,18). The normalized spacial score (nSPS) is 19.9. The van der Waals surface area contributed by atoms with Gasteiger partial charge in [-0.25, -0.2) is 15.0 Å². The van der Waals surface area contributed by atoms with Gasteiger partial charge in [0, 0.05) is 26.1 Å². The van der Waals surface area contributed by atoms with Crippen LogP contribution in [0.3, 0.4) is 0 Å². The Labute approximate surface area is 113 Å². The fourth-order valence-corrected chi connectivity index (χ4v) is 1.83. The Bertz CT molecular complexity index is 696. The molecule has 1 aliphatic rings. The second-order valence-electron chi connectivity index (χ2n) is 4.00. The van der Waals surface area contributed by atoms with Crippen LogP contribution in [0.25, 0.3) is 0 Å². The summed E-state index contributed by atoms with van der Waals surface area (Å²) in [4.78, 5) is 22.6. The maximum Gasteiger partial charge on any atom is 0.258 e. The van der Waals surface area contributed by atoms with E-state index in [0.29, 0.717) is 0 Å². The molecule has 0 spiro atoms. The van der Waals surface area contributed by atoms with E-state index in [1.165, 1.54) is 13.1 Å². The average molecular weight is 280 g/mol. The number of hydrogen-bond acceptors (Lipinski definition) is 6. The van der Waals surface area contributed by atoms with E-state index in [1.54, 1.807) is 0 Å². The van der Waals surface area contributed by atoms with Crippen molar-refractivity contribution in [2.24, 2.45) is 9.98 Å².